The second-order valence-corrected chi connectivity index (χ2v) is 7.31. The second-order valence-electron chi connectivity index (χ2n) is 7.31. The van der Waals surface area contributed by atoms with Gasteiger partial charge >= 0.3 is 0 Å². The third kappa shape index (κ3) is 6.24. The van der Waals surface area contributed by atoms with E-state index in [0.29, 0.717) is 24.3 Å². The van der Waals surface area contributed by atoms with Crippen LogP contribution >= 0.6 is 0 Å². The normalized spacial score (nSPS) is 10.9. The molecule has 0 saturated heterocycles. The van der Waals surface area contributed by atoms with Crippen LogP contribution in [0.25, 0.3) is 0 Å². The molecule has 0 aliphatic rings. The lowest BCUT2D eigenvalue weighted by molar-refractivity contribution is -0.116. The van der Waals surface area contributed by atoms with Crippen molar-refractivity contribution in [2.24, 2.45) is 0 Å². The highest BCUT2D eigenvalue weighted by molar-refractivity contribution is 5.93. The quantitative estimate of drug-likeness (QED) is 0.721. The van der Waals surface area contributed by atoms with Gasteiger partial charge < -0.3 is 16.0 Å². The van der Waals surface area contributed by atoms with E-state index in [2.05, 4.69) is 48.9 Å². The SMILES string of the molecule is CC(=O)Nc1cccc(NC(=O)CCNc2ccc(C(C)(C)C)cc2)c1. The molecule has 0 aromatic heterocycles. The van der Waals surface area contributed by atoms with Crippen LogP contribution in [0.5, 0.6) is 0 Å². The van der Waals surface area contributed by atoms with Crippen molar-refractivity contribution in [1.29, 1.82) is 0 Å². The Balaban J connectivity index is 1.81. The van der Waals surface area contributed by atoms with Gasteiger partial charge in [-0.2, -0.15) is 0 Å². The van der Waals surface area contributed by atoms with Crippen LogP contribution in [0.3, 0.4) is 0 Å². The van der Waals surface area contributed by atoms with Gasteiger partial charge in [0.25, 0.3) is 0 Å². The van der Waals surface area contributed by atoms with E-state index in [1.54, 1.807) is 24.3 Å². The van der Waals surface area contributed by atoms with E-state index in [4.69, 9.17) is 0 Å². The lowest BCUT2D eigenvalue weighted by Gasteiger charge is -2.19. The number of hydrogen-bond donors (Lipinski definition) is 3. The molecular weight excluding hydrogens is 326 g/mol. The Hall–Kier alpha value is -2.82. The molecule has 0 spiro atoms. The fourth-order valence-corrected chi connectivity index (χ4v) is 2.51. The minimum atomic E-state index is -0.143. The topological polar surface area (TPSA) is 70.2 Å². The fraction of sp³-hybridized carbons (Fsp3) is 0.333. The molecule has 26 heavy (non-hydrogen) atoms. The lowest BCUT2D eigenvalue weighted by atomic mass is 9.87. The summed E-state index contributed by atoms with van der Waals surface area (Å²) in [4.78, 5) is 23.2. The monoisotopic (exact) mass is 353 g/mol. The molecule has 0 fully saturated rings. The van der Waals surface area contributed by atoms with Crippen molar-refractivity contribution in [3.8, 4) is 0 Å². The van der Waals surface area contributed by atoms with Crippen molar-refractivity contribution in [2.75, 3.05) is 22.5 Å². The summed E-state index contributed by atoms with van der Waals surface area (Å²) in [5.41, 5.74) is 3.73. The van der Waals surface area contributed by atoms with Gasteiger partial charge in [0.1, 0.15) is 0 Å². The number of amides is 2. The molecule has 0 bridgehead atoms. The Labute approximate surface area is 155 Å². The molecule has 0 atom stereocenters. The summed E-state index contributed by atoms with van der Waals surface area (Å²) in [7, 11) is 0. The van der Waals surface area contributed by atoms with Crippen LogP contribution in [0.1, 0.15) is 39.7 Å². The smallest absolute Gasteiger partial charge is 0.226 e. The fourth-order valence-electron chi connectivity index (χ4n) is 2.51. The Kier molecular flexibility index (Phi) is 6.39. The summed E-state index contributed by atoms with van der Waals surface area (Å²) in [6.07, 6.45) is 0.353. The van der Waals surface area contributed by atoms with Crippen LogP contribution < -0.4 is 16.0 Å². The van der Waals surface area contributed by atoms with E-state index in [1.165, 1.54) is 12.5 Å². The number of rotatable bonds is 6. The summed E-state index contributed by atoms with van der Waals surface area (Å²) >= 11 is 0. The lowest BCUT2D eigenvalue weighted by Crippen LogP contribution is -2.16. The summed E-state index contributed by atoms with van der Waals surface area (Å²) in [5, 5.41) is 8.80. The van der Waals surface area contributed by atoms with E-state index < -0.39 is 0 Å². The van der Waals surface area contributed by atoms with Gasteiger partial charge in [-0.1, -0.05) is 39.0 Å². The van der Waals surface area contributed by atoms with Crippen molar-refractivity contribution < 1.29 is 9.59 Å². The first-order valence-corrected chi connectivity index (χ1v) is 8.76. The van der Waals surface area contributed by atoms with E-state index in [0.717, 1.165) is 5.69 Å². The molecule has 2 aromatic rings. The number of anilines is 3. The zero-order chi connectivity index (χ0) is 19.2. The molecule has 0 saturated carbocycles. The zero-order valence-electron chi connectivity index (χ0n) is 15.8. The Morgan fingerprint density at radius 3 is 2.08 bits per heavy atom. The van der Waals surface area contributed by atoms with Crippen LogP contribution in [-0.4, -0.2) is 18.4 Å². The number of benzene rings is 2. The highest BCUT2D eigenvalue weighted by atomic mass is 16.2. The zero-order valence-corrected chi connectivity index (χ0v) is 15.8. The first-order chi connectivity index (χ1) is 12.2. The molecule has 0 radical (unpaired) electrons. The van der Waals surface area contributed by atoms with Gasteiger partial charge in [-0.3, -0.25) is 9.59 Å². The van der Waals surface area contributed by atoms with Gasteiger partial charge in [0, 0.05) is 37.0 Å². The molecule has 5 heteroatoms. The van der Waals surface area contributed by atoms with Crippen molar-refractivity contribution >= 4 is 28.9 Å². The second kappa shape index (κ2) is 8.52. The van der Waals surface area contributed by atoms with Crippen LogP contribution in [0.4, 0.5) is 17.1 Å². The first-order valence-electron chi connectivity index (χ1n) is 8.76. The maximum atomic E-state index is 12.1. The average molecular weight is 353 g/mol. The molecule has 2 amide bonds. The highest BCUT2D eigenvalue weighted by Gasteiger charge is 2.12. The van der Waals surface area contributed by atoms with E-state index in [1.807, 2.05) is 12.1 Å². The summed E-state index contributed by atoms with van der Waals surface area (Å²) in [5.74, 6) is -0.223. The van der Waals surface area contributed by atoms with Gasteiger partial charge in [0.2, 0.25) is 11.8 Å². The number of hydrogen-bond acceptors (Lipinski definition) is 3. The van der Waals surface area contributed by atoms with Gasteiger partial charge in [-0.05, 0) is 41.3 Å². The molecule has 0 aliphatic carbocycles. The van der Waals surface area contributed by atoms with E-state index >= 15 is 0 Å². The molecule has 0 aliphatic heterocycles. The molecular formula is C21H27N3O2. The minimum absolute atomic E-state index is 0.0798. The molecule has 2 aromatic carbocycles. The first kappa shape index (κ1) is 19.5. The van der Waals surface area contributed by atoms with Crippen LogP contribution in [0, 0.1) is 0 Å². The third-order valence-corrected chi connectivity index (χ3v) is 3.90. The van der Waals surface area contributed by atoms with Gasteiger partial charge in [0.15, 0.2) is 0 Å². The predicted octanol–water partition coefficient (Wildman–Crippen LogP) is 4.38. The van der Waals surface area contributed by atoms with Gasteiger partial charge in [-0.25, -0.2) is 0 Å². The number of carbonyl (C=O) groups is 2. The Morgan fingerprint density at radius 1 is 0.885 bits per heavy atom. The summed E-state index contributed by atoms with van der Waals surface area (Å²) in [6, 6.07) is 15.4. The predicted molar refractivity (Wildman–Crippen MR) is 108 cm³/mol. The summed E-state index contributed by atoms with van der Waals surface area (Å²) < 4.78 is 0. The standard InChI is InChI=1S/C21H27N3O2/c1-15(25)23-18-6-5-7-19(14-18)24-20(26)12-13-22-17-10-8-16(9-11-17)21(2,3)4/h5-11,14,22H,12-13H2,1-4H3,(H,23,25)(H,24,26). The average Bonchev–Trinajstić information content (AvgIpc) is 2.54. The molecule has 138 valence electrons. The summed E-state index contributed by atoms with van der Waals surface area (Å²) in [6.45, 7) is 8.54. The minimum Gasteiger partial charge on any atom is -0.385 e. The highest BCUT2D eigenvalue weighted by Crippen LogP contribution is 2.23. The van der Waals surface area contributed by atoms with E-state index in [9.17, 15) is 9.59 Å². The van der Waals surface area contributed by atoms with Crippen LogP contribution in [-0.2, 0) is 15.0 Å². The van der Waals surface area contributed by atoms with E-state index in [-0.39, 0.29) is 17.2 Å². The van der Waals surface area contributed by atoms with Crippen molar-refractivity contribution in [3.63, 3.8) is 0 Å². The van der Waals surface area contributed by atoms with Crippen molar-refractivity contribution in [3.05, 3.63) is 54.1 Å². The Morgan fingerprint density at radius 2 is 1.50 bits per heavy atom. The van der Waals surface area contributed by atoms with Crippen molar-refractivity contribution in [1.82, 2.24) is 0 Å². The molecule has 3 N–H and O–H groups in total. The van der Waals surface area contributed by atoms with Gasteiger partial charge in [-0.15, -0.1) is 0 Å². The number of nitrogens with one attached hydrogen (secondary N) is 3. The molecule has 0 unspecified atom stereocenters. The maximum Gasteiger partial charge on any atom is 0.226 e. The largest absolute Gasteiger partial charge is 0.385 e. The van der Waals surface area contributed by atoms with Crippen molar-refractivity contribution in [2.45, 2.75) is 39.5 Å². The van der Waals surface area contributed by atoms with Crippen LogP contribution in [0.15, 0.2) is 48.5 Å². The molecule has 5 nitrogen and oxygen atoms in total. The maximum absolute atomic E-state index is 12.1. The third-order valence-electron chi connectivity index (χ3n) is 3.90. The van der Waals surface area contributed by atoms with Crippen LogP contribution in [0.2, 0.25) is 0 Å². The van der Waals surface area contributed by atoms with Gasteiger partial charge in [0.05, 0.1) is 0 Å². The molecule has 0 heterocycles. The number of carbonyl (C=O) groups excluding carboxylic acids is 2. The molecule has 2 rings (SSSR count). The Bertz CT molecular complexity index is 762.